The zero-order valence-electron chi connectivity index (χ0n) is 16.4. The molecule has 0 aromatic heterocycles. The number of fused-ring (bicyclic) bond motifs is 5. The second-order valence-electron chi connectivity index (χ2n) is 10.2. The van der Waals surface area contributed by atoms with Crippen molar-refractivity contribution in [3.05, 3.63) is 10.4 Å². The van der Waals surface area contributed by atoms with Gasteiger partial charge in [-0.25, -0.2) is 0 Å². The molecule has 0 aromatic carbocycles. The molecule has 4 saturated carbocycles. The van der Waals surface area contributed by atoms with Crippen LogP contribution in [0.25, 0.3) is 10.4 Å². The number of hydrogen-bond donors (Lipinski definition) is 1. The molecule has 0 bridgehead atoms. The first-order valence-corrected chi connectivity index (χ1v) is 10.5. The Balaban J connectivity index is 1.76. The largest absolute Gasteiger partial charge is 0.393 e. The molecule has 1 N–H and O–H groups in total. The number of hydrogen-bond acceptors (Lipinski definition) is 3. The molecule has 4 fully saturated rings. The van der Waals surface area contributed by atoms with Crippen molar-refractivity contribution >= 4 is 5.78 Å². The number of Topliss-reactive ketones (excluding diaryl/α,β-unsaturated/α-hetero) is 1. The Labute approximate surface area is 156 Å². The van der Waals surface area contributed by atoms with Crippen molar-refractivity contribution in [2.75, 3.05) is 0 Å². The van der Waals surface area contributed by atoms with E-state index in [1.807, 2.05) is 0 Å². The lowest BCUT2D eigenvalue weighted by molar-refractivity contribution is -0.144. The van der Waals surface area contributed by atoms with Gasteiger partial charge in [-0.1, -0.05) is 19.0 Å². The fourth-order valence-electron chi connectivity index (χ4n) is 8.17. The van der Waals surface area contributed by atoms with E-state index in [0.29, 0.717) is 17.8 Å². The summed E-state index contributed by atoms with van der Waals surface area (Å²) in [5, 5.41) is 14.7. The summed E-state index contributed by atoms with van der Waals surface area (Å²) in [6, 6.07) is 0. The van der Waals surface area contributed by atoms with Gasteiger partial charge < -0.3 is 5.11 Å². The molecule has 144 valence electrons. The van der Waals surface area contributed by atoms with Crippen molar-refractivity contribution in [1.29, 1.82) is 0 Å². The molecule has 4 aliphatic rings. The molecular formula is C21H33N3O2. The number of aliphatic hydroxyl groups is 1. The predicted octanol–water partition coefficient (Wildman–Crippen LogP) is 5.03. The van der Waals surface area contributed by atoms with E-state index in [1.165, 1.54) is 0 Å². The molecular weight excluding hydrogens is 326 g/mol. The molecule has 26 heavy (non-hydrogen) atoms. The molecule has 0 aliphatic heterocycles. The summed E-state index contributed by atoms with van der Waals surface area (Å²) in [7, 11) is 0. The summed E-state index contributed by atoms with van der Waals surface area (Å²) < 4.78 is 0. The SMILES string of the molecule is CC(=O)[C@H]1CC[C@@]2(N=[N+]=[N-])[C@@H]3CC[C@@H]4C[C@H](O)CC[C@]4(C)[C@H]3CC[C@]12C. The van der Waals surface area contributed by atoms with Crippen LogP contribution < -0.4 is 0 Å². The minimum atomic E-state index is -0.398. The Morgan fingerprint density at radius 2 is 1.85 bits per heavy atom. The third-order valence-electron chi connectivity index (χ3n) is 9.54. The van der Waals surface area contributed by atoms with Crippen molar-refractivity contribution < 1.29 is 9.90 Å². The average molecular weight is 360 g/mol. The fourth-order valence-corrected chi connectivity index (χ4v) is 8.17. The Bertz CT molecular complexity index is 660. The minimum Gasteiger partial charge on any atom is -0.393 e. The van der Waals surface area contributed by atoms with Gasteiger partial charge in [0.1, 0.15) is 5.78 Å². The highest BCUT2D eigenvalue weighted by Gasteiger charge is 2.68. The summed E-state index contributed by atoms with van der Waals surface area (Å²) in [4.78, 5) is 15.7. The first-order chi connectivity index (χ1) is 12.3. The Morgan fingerprint density at radius 3 is 2.54 bits per heavy atom. The Morgan fingerprint density at radius 1 is 1.08 bits per heavy atom. The average Bonchev–Trinajstić information content (AvgIpc) is 2.89. The third kappa shape index (κ3) is 2.19. The topological polar surface area (TPSA) is 86.1 Å². The normalized spacial score (nSPS) is 53.0. The van der Waals surface area contributed by atoms with E-state index in [0.717, 1.165) is 57.8 Å². The zero-order valence-corrected chi connectivity index (χ0v) is 16.4. The van der Waals surface area contributed by atoms with Crippen LogP contribution >= 0.6 is 0 Å². The van der Waals surface area contributed by atoms with Gasteiger partial charge in [-0.15, -0.1) is 0 Å². The van der Waals surface area contributed by atoms with Crippen LogP contribution in [0, 0.1) is 34.5 Å². The molecule has 0 amide bonds. The molecule has 0 heterocycles. The van der Waals surface area contributed by atoms with Crippen LogP contribution in [0.2, 0.25) is 0 Å². The molecule has 4 aliphatic carbocycles. The maximum atomic E-state index is 12.4. The first kappa shape index (κ1) is 18.3. The molecule has 0 aromatic rings. The number of ketones is 1. The summed E-state index contributed by atoms with van der Waals surface area (Å²) >= 11 is 0. The highest BCUT2D eigenvalue weighted by molar-refractivity contribution is 5.80. The summed E-state index contributed by atoms with van der Waals surface area (Å²) in [6.07, 6.45) is 8.83. The molecule has 8 atom stereocenters. The molecule has 4 rings (SSSR count). The number of aliphatic hydroxyl groups excluding tert-OH is 1. The van der Waals surface area contributed by atoms with Crippen LogP contribution in [0.3, 0.4) is 0 Å². The lowest BCUT2D eigenvalue weighted by atomic mass is 9.42. The van der Waals surface area contributed by atoms with Crippen molar-refractivity contribution in [2.24, 2.45) is 39.6 Å². The number of azide groups is 1. The molecule has 5 heteroatoms. The lowest BCUT2D eigenvalue weighted by Gasteiger charge is -2.64. The van der Waals surface area contributed by atoms with Gasteiger partial charge in [0.15, 0.2) is 0 Å². The molecule has 0 spiro atoms. The van der Waals surface area contributed by atoms with E-state index in [-0.39, 0.29) is 28.6 Å². The minimum absolute atomic E-state index is 0.0349. The van der Waals surface area contributed by atoms with Gasteiger partial charge in [-0.3, -0.25) is 4.79 Å². The van der Waals surface area contributed by atoms with Gasteiger partial charge in [-0.05, 0) is 98.8 Å². The van der Waals surface area contributed by atoms with Gasteiger partial charge in [0.25, 0.3) is 0 Å². The van der Waals surface area contributed by atoms with E-state index in [1.54, 1.807) is 6.92 Å². The highest BCUT2D eigenvalue weighted by atomic mass is 16.3. The van der Waals surface area contributed by atoms with Gasteiger partial charge in [-0.2, -0.15) is 0 Å². The van der Waals surface area contributed by atoms with E-state index in [4.69, 9.17) is 0 Å². The molecule has 0 saturated heterocycles. The van der Waals surface area contributed by atoms with E-state index in [2.05, 4.69) is 23.9 Å². The second kappa shape index (κ2) is 5.97. The first-order valence-electron chi connectivity index (χ1n) is 10.5. The number of carbonyl (C=O) groups is 1. The van der Waals surface area contributed by atoms with Crippen LogP contribution in [-0.2, 0) is 4.79 Å². The second-order valence-corrected chi connectivity index (χ2v) is 10.2. The van der Waals surface area contributed by atoms with E-state index >= 15 is 0 Å². The number of rotatable bonds is 2. The van der Waals surface area contributed by atoms with E-state index < -0.39 is 5.54 Å². The Hall–Kier alpha value is -1.06. The summed E-state index contributed by atoms with van der Waals surface area (Å²) in [5.41, 5.74) is 9.12. The summed E-state index contributed by atoms with van der Waals surface area (Å²) in [6.45, 7) is 6.38. The summed E-state index contributed by atoms with van der Waals surface area (Å²) in [5.74, 6) is 1.83. The third-order valence-corrected chi connectivity index (χ3v) is 9.54. The van der Waals surface area contributed by atoms with Gasteiger partial charge >= 0.3 is 0 Å². The van der Waals surface area contributed by atoms with Gasteiger partial charge in [0, 0.05) is 10.8 Å². The predicted molar refractivity (Wildman–Crippen MR) is 100 cm³/mol. The number of nitrogens with zero attached hydrogens (tertiary/aromatic N) is 3. The van der Waals surface area contributed by atoms with Gasteiger partial charge in [0.05, 0.1) is 11.6 Å². The van der Waals surface area contributed by atoms with Crippen molar-refractivity contribution in [3.63, 3.8) is 0 Å². The van der Waals surface area contributed by atoms with Crippen LogP contribution in [0.15, 0.2) is 5.11 Å². The monoisotopic (exact) mass is 359 g/mol. The van der Waals surface area contributed by atoms with Crippen molar-refractivity contribution in [3.8, 4) is 0 Å². The van der Waals surface area contributed by atoms with Crippen molar-refractivity contribution in [1.82, 2.24) is 0 Å². The molecule has 5 nitrogen and oxygen atoms in total. The lowest BCUT2D eigenvalue weighted by Crippen LogP contribution is -2.61. The van der Waals surface area contributed by atoms with Crippen LogP contribution in [0.5, 0.6) is 0 Å². The maximum Gasteiger partial charge on any atom is 0.133 e. The van der Waals surface area contributed by atoms with Crippen LogP contribution in [-0.4, -0.2) is 22.5 Å². The zero-order chi connectivity index (χ0) is 18.7. The smallest absolute Gasteiger partial charge is 0.133 e. The quantitative estimate of drug-likeness (QED) is 0.426. The van der Waals surface area contributed by atoms with Gasteiger partial charge in [0.2, 0.25) is 0 Å². The standard InChI is InChI=1S/C21H33N3O2/c1-13(25)16-8-11-21(23-24-22)18-5-4-14-12-15(26)6-9-19(14,2)17(18)7-10-20(16,21)3/h14-18,26H,4-12H2,1-3H3/t14-,15-,16-,17+,18-,19+,20-,21-/m1/s1. The highest BCUT2D eigenvalue weighted by Crippen LogP contribution is 2.70. The van der Waals surface area contributed by atoms with Crippen molar-refractivity contribution in [2.45, 2.75) is 90.2 Å². The maximum absolute atomic E-state index is 12.4. The number of carbonyl (C=O) groups excluding carboxylic acids is 1. The molecule has 0 unspecified atom stereocenters. The van der Waals surface area contributed by atoms with Crippen LogP contribution in [0.1, 0.15) is 78.6 Å². The van der Waals surface area contributed by atoms with E-state index in [9.17, 15) is 15.4 Å². The Kier molecular flexibility index (Phi) is 4.20. The fraction of sp³-hybridized carbons (Fsp3) is 0.952. The van der Waals surface area contributed by atoms with Crippen LogP contribution in [0.4, 0.5) is 0 Å². The molecule has 0 radical (unpaired) electrons.